The van der Waals surface area contributed by atoms with E-state index in [1.54, 1.807) is 12.1 Å². The number of amides is 5. The zero-order valence-electron chi connectivity index (χ0n) is 18.5. The maximum Gasteiger partial charge on any atom is 0.243 e. The number of nitrogens with one attached hydrogen (secondary N) is 4. The van der Waals surface area contributed by atoms with E-state index in [9.17, 15) is 24.0 Å². The Morgan fingerprint density at radius 3 is 2.24 bits per heavy atom. The molecular formula is C22H32N6O5. The molecule has 0 spiro atoms. The molecule has 0 bridgehead atoms. The highest BCUT2D eigenvalue weighted by molar-refractivity contribution is 5.93. The zero-order chi connectivity index (χ0) is 24.2. The quantitative estimate of drug-likeness (QED) is 0.309. The van der Waals surface area contributed by atoms with Crippen molar-refractivity contribution >= 4 is 29.5 Å². The molecule has 0 aromatic heterocycles. The van der Waals surface area contributed by atoms with E-state index in [-0.39, 0.29) is 44.0 Å². The molecule has 1 aliphatic heterocycles. The third-order valence-electron chi connectivity index (χ3n) is 5.26. The Balaban J connectivity index is 2.18. The van der Waals surface area contributed by atoms with E-state index in [2.05, 4.69) is 21.3 Å². The van der Waals surface area contributed by atoms with Crippen LogP contribution in [0.1, 0.15) is 37.7 Å². The molecule has 1 aliphatic rings. The topological polar surface area (TPSA) is 186 Å². The highest BCUT2D eigenvalue weighted by Gasteiger charge is 2.28. The minimum absolute atomic E-state index is 0.0232. The van der Waals surface area contributed by atoms with E-state index < -0.39 is 35.8 Å². The number of primary amides is 1. The molecule has 1 fully saturated rings. The van der Waals surface area contributed by atoms with Crippen LogP contribution in [0.15, 0.2) is 30.3 Å². The van der Waals surface area contributed by atoms with Gasteiger partial charge >= 0.3 is 0 Å². The van der Waals surface area contributed by atoms with E-state index in [4.69, 9.17) is 11.5 Å². The molecule has 1 saturated heterocycles. The molecule has 5 amide bonds. The van der Waals surface area contributed by atoms with Crippen molar-refractivity contribution in [3.05, 3.63) is 35.9 Å². The van der Waals surface area contributed by atoms with Crippen molar-refractivity contribution in [1.29, 1.82) is 0 Å². The van der Waals surface area contributed by atoms with Gasteiger partial charge in [0.15, 0.2) is 0 Å². The Hall–Kier alpha value is -3.47. The Bertz CT molecular complexity index is 847. The zero-order valence-corrected chi connectivity index (χ0v) is 18.5. The highest BCUT2D eigenvalue weighted by Crippen LogP contribution is 2.06. The smallest absolute Gasteiger partial charge is 0.243 e. The fourth-order valence-corrected chi connectivity index (χ4v) is 3.34. The minimum Gasteiger partial charge on any atom is -0.368 e. The van der Waals surface area contributed by atoms with Crippen LogP contribution in [-0.2, 0) is 30.4 Å². The second-order valence-electron chi connectivity index (χ2n) is 7.95. The molecule has 2 rings (SSSR count). The summed E-state index contributed by atoms with van der Waals surface area (Å²) in [5.41, 5.74) is 12.2. The SMILES string of the molecule is NC(=O)[C@@H]1CCC(=O)NCCC(=O)NCCC[C@H](N)C(=O)N[C@@H](Cc2ccccc2)C(=O)N1. The second kappa shape index (κ2) is 13.2. The van der Waals surface area contributed by atoms with Gasteiger partial charge in [0.1, 0.15) is 12.1 Å². The Morgan fingerprint density at radius 2 is 1.55 bits per heavy atom. The van der Waals surface area contributed by atoms with Gasteiger partial charge in [-0.25, -0.2) is 0 Å². The lowest BCUT2D eigenvalue weighted by Gasteiger charge is -2.23. The highest BCUT2D eigenvalue weighted by atomic mass is 16.2. The molecule has 11 heteroatoms. The minimum atomic E-state index is -1.10. The van der Waals surface area contributed by atoms with E-state index in [0.29, 0.717) is 19.4 Å². The fourth-order valence-electron chi connectivity index (χ4n) is 3.34. The third-order valence-corrected chi connectivity index (χ3v) is 5.26. The third kappa shape index (κ3) is 9.27. The predicted octanol–water partition coefficient (Wildman–Crippen LogP) is -1.79. The first-order valence-electron chi connectivity index (χ1n) is 11.0. The van der Waals surface area contributed by atoms with Gasteiger partial charge in [0, 0.05) is 32.4 Å². The molecular weight excluding hydrogens is 428 g/mol. The van der Waals surface area contributed by atoms with E-state index >= 15 is 0 Å². The Morgan fingerprint density at radius 1 is 0.879 bits per heavy atom. The van der Waals surface area contributed by atoms with Crippen LogP contribution in [0.5, 0.6) is 0 Å². The van der Waals surface area contributed by atoms with Crippen molar-refractivity contribution in [1.82, 2.24) is 21.3 Å². The summed E-state index contributed by atoms with van der Waals surface area (Å²) >= 11 is 0. The van der Waals surface area contributed by atoms with Gasteiger partial charge in [-0.05, 0) is 24.8 Å². The van der Waals surface area contributed by atoms with Gasteiger partial charge in [0.25, 0.3) is 0 Å². The maximum atomic E-state index is 13.0. The normalized spacial score (nSPS) is 24.3. The molecule has 1 aromatic rings. The van der Waals surface area contributed by atoms with Crippen LogP contribution in [0.4, 0.5) is 0 Å². The lowest BCUT2D eigenvalue weighted by molar-refractivity contribution is -0.132. The van der Waals surface area contributed by atoms with Gasteiger partial charge in [0.2, 0.25) is 29.5 Å². The van der Waals surface area contributed by atoms with Crippen LogP contribution in [0.3, 0.4) is 0 Å². The molecule has 33 heavy (non-hydrogen) atoms. The Labute approximate surface area is 192 Å². The van der Waals surface area contributed by atoms with Crippen molar-refractivity contribution in [2.45, 2.75) is 56.7 Å². The van der Waals surface area contributed by atoms with Crippen molar-refractivity contribution in [3.8, 4) is 0 Å². The average molecular weight is 461 g/mol. The predicted molar refractivity (Wildman–Crippen MR) is 120 cm³/mol. The van der Waals surface area contributed by atoms with Crippen LogP contribution in [0.25, 0.3) is 0 Å². The largest absolute Gasteiger partial charge is 0.368 e. The number of rotatable bonds is 3. The molecule has 0 aliphatic carbocycles. The summed E-state index contributed by atoms with van der Waals surface area (Å²) in [4.78, 5) is 61.4. The molecule has 3 atom stereocenters. The van der Waals surface area contributed by atoms with Crippen LogP contribution in [-0.4, -0.2) is 60.8 Å². The first-order chi connectivity index (χ1) is 15.8. The molecule has 0 radical (unpaired) electrons. The van der Waals surface area contributed by atoms with Gasteiger partial charge in [-0.15, -0.1) is 0 Å². The molecule has 0 unspecified atom stereocenters. The summed E-state index contributed by atoms with van der Waals surface area (Å²) < 4.78 is 0. The standard InChI is InChI=1S/C22H32N6O5/c23-15-7-4-11-25-19(30)10-12-26-18(29)9-8-16(20(24)31)27-22(33)17(28-21(15)32)13-14-5-2-1-3-6-14/h1-3,5-6,15-17H,4,7-13,23H2,(H2,24,31)(H,25,30)(H,26,29)(H,27,33)(H,28,32)/t15-,16-,17-/m0/s1. The molecule has 1 heterocycles. The lowest BCUT2D eigenvalue weighted by Crippen LogP contribution is -2.56. The number of hydrogen-bond acceptors (Lipinski definition) is 6. The summed E-state index contributed by atoms with van der Waals surface area (Å²) in [6, 6.07) is 6.08. The number of benzene rings is 1. The van der Waals surface area contributed by atoms with Gasteiger partial charge in [0.05, 0.1) is 6.04 Å². The van der Waals surface area contributed by atoms with Crippen LogP contribution >= 0.6 is 0 Å². The van der Waals surface area contributed by atoms with Gasteiger partial charge in [-0.2, -0.15) is 0 Å². The van der Waals surface area contributed by atoms with Gasteiger partial charge in [-0.1, -0.05) is 30.3 Å². The summed E-state index contributed by atoms with van der Waals surface area (Å²) in [5, 5.41) is 10.5. The second-order valence-corrected chi connectivity index (χ2v) is 7.95. The molecule has 180 valence electrons. The van der Waals surface area contributed by atoms with Crippen molar-refractivity contribution in [2.75, 3.05) is 13.1 Å². The number of carbonyl (C=O) groups is 5. The van der Waals surface area contributed by atoms with Crippen LogP contribution < -0.4 is 32.7 Å². The van der Waals surface area contributed by atoms with Gasteiger partial charge < -0.3 is 32.7 Å². The van der Waals surface area contributed by atoms with E-state index in [1.165, 1.54) is 0 Å². The molecule has 1 aromatic carbocycles. The van der Waals surface area contributed by atoms with Gasteiger partial charge in [-0.3, -0.25) is 24.0 Å². The van der Waals surface area contributed by atoms with E-state index in [0.717, 1.165) is 5.56 Å². The fraction of sp³-hybridized carbons (Fsp3) is 0.500. The number of hydrogen-bond donors (Lipinski definition) is 6. The maximum absolute atomic E-state index is 13.0. The first-order valence-corrected chi connectivity index (χ1v) is 11.0. The summed E-state index contributed by atoms with van der Waals surface area (Å²) in [6.07, 6.45) is 0.932. The molecule has 0 saturated carbocycles. The summed E-state index contributed by atoms with van der Waals surface area (Å²) in [5.74, 6) is -2.53. The van der Waals surface area contributed by atoms with Crippen molar-refractivity contribution < 1.29 is 24.0 Å². The number of nitrogens with two attached hydrogens (primary N) is 2. The van der Waals surface area contributed by atoms with Crippen LogP contribution in [0, 0.1) is 0 Å². The lowest BCUT2D eigenvalue weighted by atomic mass is 10.0. The monoisotopic (exact) mass is 460 g/mol. The van der Waals surface area contributed by atoms with Crippen LogP contribution in [0.2, 0.25) is 0 Å². The average Bonchev–Trinajstić information content (AvgIpc) is 2.78. The van der Waals surface area contributed by atoms with Crippen molar-refractivity contribution in [3.63, 3.8) is 0 Å². The van der Waals surface area contributed by atoms with E-state index in [1.807, 2.05) is 18.2 Å². The van der Waals surface area contributed by atoms with Crippen molar-refractivity contribution in [2.24, 2.45) is 11.5 Å². The first kappa shape index (κ1) is 25.8. The Kier molecular flexibility index (Phi) is 10.3. The molecule has 11 nitrogen and oxygen atoms in total. The number of carbonyl (C=O) groups excluding carboxylic acids is 5. The molecule has 8 N–H and O–H groups in total. The summed E-state index contributed by atoms with van der Waals surface area (Å²) in [6.45, 7) is 0.474. The summed E-state index contributed by atoms with van der Waals surface area (Å²) in [7, 11) is 0.